The van der Waals surface area contributed by atoms with Crippen LogP contribution in [0, 0.1) is 0 Å². The number of esters is 5. The van der Waals surface area contributed by atoms with Gasteiger partial charge in [-0.15, -0.1) is 0 Å². The van der Waals surface area contributed by atoms with E-state index in [-0.39, 0.29) is 63.7 Å². The number of benzene rings is 4. The Morgan fingerprint density at radius 3 is 1.51 bits per heavy atom. The van der Waals surface area contributed by atoms with Crippen molar-refractivity contribution in [1.82, 2.24) is 0 Å². The highest BCUT2D eigenvalue weighted by atomic mass is 16.7. The monoisotopic (exact) mass is 872 g/mol. The fourth-order valence-corrected chi connectivity index (χ4v) is 5.72. The number of carbonyl (C=O) groups is 5. The fraction of sp³-hybridized carbons (Fsp3) is 0.396. The van der Waals surface area contributed by atoms with Gasteiger partial charge >= 0.3 is 29.8 Å². The molecular weight excluding hydrogens is 817 g/mol. The predicted molar refractivity (Wildman–Crippen MR) is 228 cm³/mol. The van der Waals surface area contributed by atoms with Crippen molar-refractivity contribution in [2.75, 3.05) is 46.4 Å². The largest absolute Gasteiger partial charge is 0.468 e. The van der Waals surface area contributed by atoms with Gasteiger partial charge in [-0.3, -0.25) is 9.59 Å². The van der Waals surface area contributed by atoms with Crippen LogP contribution in [0.5, 0.6) is 5.75 Å². The Kier molecular flexibility index (Phi) is 20.7. The number of ether oxygens (including phenoxy) is 10. The molecule has 6 unspecified atom stereocenters. The standard InChI is InChI=1S/C48H56O15/c1-32(25-54-26-35(4)61-48(53)39-17-11-8-12-18-39)59-31-60-43-22-14-21-42(24-43)47(52)58-28-34(3)56-30-45(63-37(6)50)40-19-13-20-41(23-40)46(51)57-27-33(2)55-29-44(62-36(5)49)38-15-9-7-10-16-38/h7-24,32-35,44-45H,25-31H2,1-6H3. The van der Waals surface area contributed by atoms with Crippen molar-refractivity contribution in [3.63, 3.8) is 0 Å². The summed E-state index contributed by atoms with van der Waals surface area (Å²) in [5, 5.41) is 0. The van der Waals surface area contributed by atoms with E-state index < -0.39 is 60.4 Å². The molecule has 15 nitrogen and oxygen atoms in total. The summed E-state index contributed by atoms with van der Waals surface area (Å²) in [6.45, 7) is 9.67. The third-order valence-electron chi connectivity index (χ3n) is 8.92. The molecule has 6 atom stereocenters. The van der Waals surface area contributed by atoms with E-state index in [4.69, 9.17) is 47.4 Å². The summed E-state index contributed by atoms with van der Waals surface area (Å²) in [6, 6.07) is 30.8. The zero-order valence-electron chi connectivity index (χ0n) is 36.4. The summed E-state index contributed by atoms with van der Waals surface area (Å²) in [6.07, 6.45) is -3.41. The Bertz CT molecular complexity index is 2040. The Balaban J connectivity index is 1.17. The molecule has 0 heterocycles. The van der Waals surface area contributed by atoms with E-state index in [2.05, 4.69) is 0 Å². The molecule has 4 rings (SSSR count). The van der Waals surface area contributed by atoms with E-state index >= 15 is 0 Å². The van der Waals surface area contributed by atoms with Crippen molar-refractivity contribution in [1.29, 1.82) is 0 Å². The van der Waals surface area contributed by atoms with E-state index in [9.17, 15) is 24.0 Å². The molecule has 0 saturated heterocycles. The SMILES string of the molecule is CC(=O)OC(COC(C)COC(=O)c1cccc(C(COC(C)COC(=O)c2cccc(OCOC(C)COCC(C)OC(=O)c3ccccc3)c2)OC(C)=O)c1)c1ccccc1. The summed E-state index contributed by atoms with van der Waals surface area (Å²) < 4.78 is 56.1. The molecule has 0 aliphatic carbocycles. The number of hydrogen-bond donors (Lipinski definition) is 0. The van der Waals surface area contributed by atoms with Gasteiger partial charge in [0, 0.05) is 13.8 Å². The normalized spacial score (nSPS) is 13.9. The maximum atomic E-state index is 13.0. The fourth-order valence-electron chi connectivity index (χ4n) is 5.72. The summed E-state index contributed by atoms with van der Waals surface area (Å²) in [7, 11) is 0. The third kappa shape index (κ3) is 18.4. The minimum Gasteiger partial charge on any atom is -0.468 e. The van der Waals surface area contributed by atoms with Crippen LogP contribution in [0.15, 0.2) is 109 Å². The average Bonchev–Trinajstić information content (AvgIpc) is 3.28. The molecule has 0 aliphatic heterocycles. The zero-order chi connectivity index (χ0) is 45.6. The van der Waals surface area contributed by atoms with Crippen molar-refractivity contribution < 1.29 is 71.3 Å². The van der Waals surface area contributed by atoms with Gasteiger partial charge in [-0.2, -0.15) is 0 Å². The smallest absolute Gasteiger partial charge is 0.338 e. The van der Waals surface area contributed by atoms with E-state index in [1.165, 1.54) is 19.9 Å². The van der Waals surface area contributed by atoms with Crippen LogP contribution >= 0.6 is 0 Å². The highest BCUT2D eigenvalue weighted by molar-refractivity contribution is 5.90. The minimum atomic E-state index is -0.884. The van der Waals surface area contributed by atoms with Gasteiger partial charge in [0.25, 0.3) is 0 Å². The molecule has 4 aromatic rings. The van der Waals surface area contributed by atoms with Gasteiger partial charge in [0.05, 0.1) is 61.4 Å². The molecule has 15 heteroatoms. The molecular formula is C48H56O15. The lowest BCUT2D eigenvalue weighted by molar-refractivity contribution is -0.152. The van der Waals surface area contributed by atoms with Crippen LogP contribution in [0.3, 0.4) is 0 Å². The highest BCUT2D eigenvalue weighted by Gasteiger charge is 2.22. The second kappa shape index (κ2) is 26.4. The summed E-state index contributed by atoms with van der Waals surface area (Å²) in [4.78, 5) is 61.8. The Morgan fingerprint density at radius 2 is 0.921 bits per heavy atom. The quantitative estimate of drug-likeness (QED) is 0.0346. The third-order valence-corrected chi connectivity index (χ3v) is 8.92. The molecule has 4 aromatic carbocycles. The van der Waals surface area contributed by atoms with Gasteiger partial charge in [-0.25, -0.2) is 14.4 Å². The van der Waals surface area contributed by atoms with E-state index in [1.54, 1.807) is 87.5 Å². The Hall–Kier alpha value is -6.13. The zero-order valence-corrected chi connectivity index (χ0v) is 36.4. The maximum absolute atomic E-state index is 13.0. The summed E-state index contributed by atoms with van der Waals surface area (Å²) in [5.41, 5.74) is 2.19. The molecule has 0 saturated carbocycles. The molecule has 0 radical (unpaired) electrons. The topological polar surface area (TPSA) is 178 Å². The lowest BCUT2D eigenvalue weighted by Gasteiger charge is -2.21. The minimum absolute atomic E-state index is 0.0651. The number of hydrogen-bond acceptors (Lipinski definition) is 15. The molecule has 0 fully saturated rings. The van der Waals surface area contributed by atoms with Crippen molar-refractivity contribution in [3.8, 4) is 5.75 Å². The Morgan fingerprint density at radius 1 is 0.444 bits per heavy atom. The first-order valence-corrected chi connectivity index (χ1v) is 20.5. The first-order valence-electron chi connectivity index (χ1n) is 20.5. The van der Waals surface area contributed by atoms with Gasteiger partial charge in [-0.05, 0) is 81.3 Å². The van der Waals surface area contributed by atoms with Crippen LogP contribution in [0.25, 0.3) is 0 Å². The van der Waals surface area contributed by atoms with Crippen molar-refractivity contribution in [3.05, 3.63) is 137 Å². The first kappa shape index (κ1) is 49.5. The molecule has 338 valence electrons. The molecule has 0 bridgehead atoms. The summed E-state index contributed by atoms with van der Waals surface area (Å²) in [5.74, 6) is -2.28. The molecule has 0 aliphatic rings. The number of rotatable bonds is 26. The van der Waals surface area contributed by atoms with E-state index in [0.717, 1.165) is 5.56 Å². The van der Waals surface area contributed by atoms with Crippen LogP contribution in [-0.4, -0.2) is 101 Å². The van der Waals surface area contributed by atoms with Crippen LogP contribution in [-0.2, 0) is 52.2 Å². The van der Waals surface area contributed by atoms with Crippen molar-refractivity contribution in [2.24, 2.45) is 0 Å². The first-order chi connectivity index (χ1) is 30.3. The summed E-state index contributed by atoms with van der Waals surface area (Å²) >= 11 is 0. The van der Waals surface area contributed by atoms with Gasteiger partial charge in [0.1, 0.15) is 25.1 Å². The Labute approximate surface area is 367 Å². The van der Waals surface area contributed by atoms with Crippen molar-refractivity contribution >= 4 is 29.8 Å². The molecule has 0 amide bonds. The van der Waals surface area contributed by atoms with Crippen LogP contribution < -0.4 is 4.74 Å². The molecule has 63 heavy (non-hydrogen) atoms. The highest BCUT2D eigenvalue weighted by Crippen LogP contribution is 2.22. The maximum Gasteiger partial charge on any atom is 0.338 e. The van der Waals surface area contributed by atoms with Crippen molar-refractivity contribution in [2.45, 2.75) is 78.2 Å². The number of carbonyl (C=O) groups excluding carboxylic acids is 5. The van der Waals surface area contributed by atoms with Gasteiger partial charge < -0.3 is 47.4 Å². The van der Waals surface area contributed by atoms with Gasteiger partial charge in [-0.1, -0.05) is 66.7 Å². The molecule has 0 N–H and O–H groups in total. The van der Waals surface area contributed by atoms with Crippen LogP contribution in [0.4, 0.5) is 0 Å². The van der Waals surface area contributed by atoms with Crippen LogP contribution in [0.1, 0.15) is 96.0 Å². The molecule has 0 spiro atoms. The second-order valence-corrected chi connectivity index (χ2v) is 14.6. The van der Waals surface area contributed by atoms with E-state index in [0.29, 0.717) is 16.9 Å². The van der Waals surface area contributed by atoms with E-state index in [1.807, 2.05) is 43.3 Å². The second-order valence-electron chi connectivity index (χ2n) is 14.6. The van der Waals surface area contributed by atoms with Crippen LogP contribution in [0.2, 0.25) is 0 Å². The molecule has 0 aromatic heterocycles. The van der Waals surface area contributed by atoms with Gasteiger partial charge in [0.15, 0.2) is 19.0 Å². The average molecular weight is 873 g/mol. The lowest BCUT2D eigenvalue weighted by atomic mass is 10.1. The predicted octanol–water partition coefficient (Wildman–Crippen LogP) is 7.42. The lowest BCUT2D eigenvalue weighted by Crippen LogP contribution is -2.25. The van der Waals surface area contributed by atoms with Gasteiger partial charge in [0.2, 0.25) is 0 Å².